The lowest BCUT2D eigenvalue weighted by Gasteiger charge is -2.17. The average Bonchev–Trinajstić information content (AvgIpc) is 2.27. The first-order valence-corrected chi connectivity index (χ1v) is 6.08. The molecule has 0 aromatic carbocycles. The van der Waals surface area contributed by atoms with Gasteiger partial charge in [0.15, 0.2) is 0 Å². The predicted octanol–water partition coefficient (Wildman–Crippen LogP) is -0.187. The number of nitrogen functional groups attached to an aromatic ring is 1. The van der Waals surface area contributed by atoms with Crippen molar-refractivity contribution in [1.29, 1.82) is 0 Å². The maximum atomic E-state index is 11.5. The summed E-state index contributed by atoms with van der Waals surface area (Å²) in [5.41, 5.74) is 5.59. The van der Waals surface area contributed by atoms with Gasteiger partial charge in [0.05, 0.1) is 12.6 Å². The molecule has 0 radical (unpaired) electrons. The molecule has 0 saturated carbocycles. The standard InChI is InChI=1S/C11H20N6O2/c1-5-13-8(18)6-17(4)10-14-9(12)15-11(16-10)19-7(2)3/h7H,5-6H2,1-4H3,(H,13,18)(H2,12,14,15,16). The van der Waals surface area contributed by atoms with Crippen molar-refractivity contribution in [2.45, 2.75) is 26.9 Å². The van der Waals surface area contributed by atoms with E-state index in [2.05, 4.69) is 20.3 Å². The fraction of sp³-hybridized carbons (Fsp3) is 0.636. The molecular formula is C11H20N6O2. The Labute approximate surface area is 112 Å². The third kappa shape index (κ3) is 4.94. The van der Waals surface area contributed by atoms with Crippen molar-refractivity contribution in [3.63, 3.8) is 0 Å². The van der Waals surface area contributed by atoms with E-state index in [-0.39, 0.29) is 30.5 Å². The molecule has 0 aliphatic rings. The summed E-state index contributed by atoms with van der Waals surface area (Å²) in [7, 11) is 1.70. The highest BCUT2D eigenvalue weighted by atomic mass is 16.5. The molecule has 1 rings (SSSR count). The molecule has 106 valence electrons. The molecule has 0 atom stereocenters. The number of anilines is 2. The Morgan fingerprint density at radius 1 is 1.42 bits per heavy atom. The van der Waals surface area contributed by atoms with E-state index in [9.17, 15) is 4.79 Å². The summed E-state index contributed by atoms with van der Waals surface area (Å²) in [6, 6.07) is 0.153. The van der Waals surface area contributed by atoms with Crippen LogP contribution in [0.25, 0.3) is 0 Å². The topological polar surface area (TPSA) is 106 Å². The Morgan fingerprint density at radius 3 is 2.68 bits per heavy atom. The van der Waals surface area contributed by atoms with E-state index in [1.807, 2.05) is 20.8 Å². The van der Waals surface area contributed by atoms with Gasteiger partial charge in [-0.1, -0.05) is 0 Å². The van der Waals surface area contributed by atoms with Crippen molar-refractivity contribution in [3.05, 3.63) is 0 Å². The van der Waals surface area contributed by atoms with Gasteiger partial charge >= 0.3 is 6.01 Å². The van der Waals surface area contributed by atoms with Gasteiger partial charge in [-0.25, -0.2) is 0 Å². The van der Waals surface area contributed by atoms with E-state index >= 15 is 0 Å². The predicted molar refractivity (Wildman–Crippen MR) is 72.0 cm³/mol. The summed E-state index contributed by atoms with van der Waals surface area (Å²) < 4.78 is 5.37. The minimum atomic E-state index is -0.115. The first kappa shape index (κ1) is 14.9. The van der Waals surface area contributed by atoms with E-state index < -0.39 is 0 Å². The molecule has 19 heavy (non-hydrogen) atoms. The van der Waals surface area contributed by atoms with E-state index in [1.54, 1.807) is 11.9 Å². The molecular weight excluding hydrogens is 248 g/mol. The number of aromatic nitrogens is 3. The lowest BCUT2D eigenvalue weighted by Crippen LogP contribution is -2.36. The maximum Gasteiger partial charge on any atom is 0.323 e. The summed E-state index contributed by atoms with van der Waals surface area (Å²) in [6.07, 6.45) is -0.0663. The molecule has 1 aromatic heterocycles. The van der Waals surface area contributed by atoms with E-state index in [0.717, 1.165) is 0 Å². The minimum absolute atomic E-state index is 0.0587. The normalized spacial score (nSPS) is 10.4. The molecule has 8 heteroatoms. The van der Waals surface area contributed by atoms with Gasteiger partial charge in [0.1, 0.15) is 0 Å². The van der Waals surface area contributed by atoms with Gasteiger partial charge in [-0.05, 0) is 20.8 Å². The molecule has 1 aromatic rings. The number of carbonyl (C=O) groups is 1. The van der Waals surface area contributed by atoms with Crippen LogP contribution in [0.4, 0.5) is 11.9 Å². The van der Waals surface area contributed by atoms with E-state index in [0.29, 0.717) is 12.5 Å². The molecule has 0 saturated heterocycles. The molecule has 3 N–H and O–H groups in total. The smallest absolute Gasteiger partial charge is 0.323 e. The third-order valence-corrected chi connectivity index (χ3v) is 2.06. The molecule has 8 nitrogen and oxygen atoms in total. The fourth-order valence-corrected chi connectivity index (χ4v) is 1.33. The SMILES string of the molecule is CCNC(=O)CN(C)c1nc(N)nc(OC(C)C)n1. The van der Waals surface area contributed by atoms with Crippen molar-refractivity contribution in [2.75, 3.05) is 30.8 Å². The van der Waals surface area contributed by atoms with Crippen LogP contribution in [-0.4, -0.2) is 47.1 Å². The van der Waals surface area contributed by atoms with E-state index in [1.165, 1.54) is 0 Å². The van der Waals surface area contributed by atoms with Gasteiger partial charge in [-0.3, -0.25) is 4.79 Å². The van der Waals surface area contributed by atoms with Gasteiger partial charge in [-0.2, -0.15) is 15.0 Å². The molecule has 0 unspecified atom stereocenters. The van der Waals surface area contributed by atoms with Gasteiger partial charge in [0.25, 0.3) is 0 Å². The van der Waals surface area contributed by atoms with Crippen molar-refractivity contribution in [3.8, 4) is 6.01 Å². The third-order valence-electron chi connectivity index (χ3n) is 2.06. The number of nitrogens with zero attached hydrogens (tertiary/aromatic N) is 4. The van der Waals surface area contributed by atoms with Crippen LogP contribution in [0, 0.1) is 0 Å². The van der Waals surface area contributed by atoms with Crippen molar-refractivity contribution in [2.24, 2.45) is 0 Å². The molecule has 0 fully saturated rings. The molecule has 0 aliphatic heterocycles. The Morgan fingerprint density at radius 2 is 2.11 bits per heavy atom. The molecule has 0 bridgehead atoms. The number of nitrogens with one attached hydrogen (secondary N) is 1. The van der Waals surface area contributed by atoms with Crippen LogP contribution in [0.3, 0.4) is 0 Å². The average molecular weight is 268 g/mol. The monoisotopic (exact) mass is 268 g/mol. The Bertz CT molecular complexity index is 437. The van der Waals surface area contributed by atoms with Gasteiger partial charge in [0, 0.05) is 13.6 Å². The van der Waals surface area contributed by atoms with Crippen molar-refractivity contribution < 1.29 is 9.53 Å². The second-order valence-electron chi connectivity index (χ2n) is 4.25. The largest absolute Gasteiger partial charge is 0.461 e. The van der Waals surface area contributed by atoms with Crippen LogP contribution >= 0.6 is 0 Å². The number of amides is 1. The summed E-state index contributed by atoms with van der Waals surface area (Å²) in [4.78, 5) is 25.0. The Kier molecular flexibility index (Phi) is 5.28. The Balaban J connectivity index is 2.81. The van der Waals surface area contributed by atoms with Crippen molar-refractivity contribution in [1.82, 2.24) is 20.3 Å². The minimum Gasteiger partial charge on any atom is -0.461 e. The number of carbonyl (C=O) groups excluding carboxylic acids is 1. The molecule has 0 spiro atoms. The highest BCUT2D eigenvalue weighted by Crippen LogP contribution is 2.13. The highest BCUT2D eigenvalue weighted by Gasteiger charge is 2.13. The lowest BCUT2D eigenvalue weighted by molar-refractivity contribution is -0.119. The van der Waals surface area contributed by atoms with Crippen molar-refractivity contribution >= 4 is 17.8 Å². The second kappa shape index (κ2) is 6.72. The maximum absolute atomic E-state index is 11.5. The Hall–Kier alpha value is -2.12. The molecule has 1 amide bonds. The van der Waals surface area contributed by atoms with Crippen LogP contribution in [0.5, 0.6) is 6.01 Å². The summed E-state index contributed by atoms with van der Waals surface area (Å²) in [6.45, 7) is 6.29. The van der Waals surface area contributed by atoms with Gasteiger partial charge in [0.2, 0.25) is 17.8 Å². The van der Waals surface area contributed by atoms with Crippen LogP contribution < -0.4 is 20.7 Å². The van der Waals surface area contributed by atoms with Crippen LogP contribution in [0.15, 0.2) is 0 Å². The number of hydrogen-bond acceptors (Lipinski definition) is 7. The zero-order valence-electron chi connectivity index (χ0n) is 11.7. The second-order valence-corrected chi connectivity index (χ2v) is 4.25. The first-order chi connectivity index (χ1) is 8.92. The number of likely N-dealkylation sites (N-methyl/N-ethyl adjacent to an activating group) is 2. The zero-order chi connectivity index (χ0) is 14.4. The fourth-order valence-electron chi connectivity index (χ4n) is 1.33. The summed E-state index contributed by atoms with van der Waals surface area (Å²) in [5, 5.41) is 2.69. The van der Waals surface area contributed by atoms with E-state index in [4.69, 9.17) is 10.5 Å². The summed E-state index contributed by atoms with van der Waals surface area (Å²) >= 11 is 0. The first-order valence-electron chi connectivity index (χ1n) is 6.08. The summed E-state index contributed by atoms with van der Waals surface area (Å²) in [5.74, 6) is 0.244. The molecule has 0 aliphatic carbocycles. The number of ether oxygens (including phenoxy) is 1. The van der Waals surface area contributed by atoms with Gasteiger partial charge in [-0.15, -0.1) is 0 Å². The van der Waals surface area contributed by atoms with Crippen LogP contribution in [0.1, 0.15) is 20.8 Å². The zero-order valence-corrected chi connectivity index (χ0v) is 11.7. The quantitative estimate of drug-likeness (QED) is 0.736. The van der Waals surface area contributed by atoms with Crippen LogP contribution in [-0.2, 0) is 4.79 Å². The molecule has 1 heterocycles. The number of nitrogens with two attached hydrogens (primary N) is 1. The van der Waals surface area contributed by atoms with Crippen LogP contribution in [0.2, 0.25) is 0 Å². The number of rotatable bonds is 6. The highest BCUT2D eigenvalue weighted by molar-refractivity contribution is 5.80. The lowest BCUT2D eigenvalue weighted by atomic mass is 10.5. The van der Waals surface area contributed by atoms with Gasteiger partial charge < -0.3 is 20.7 Å². The number of hydrogen-bond donors (Lipinski definition) is 2.